The highest BCUT2D eigenvalue weighted by molar-refractivity contribution is 5.84. The highest BCUT2D eigenvalue weighted by atomic mass is 16.4. The second-order valence-electron chi connectivity index (χ2n) is 14.4. The Hall–Kier alpha value is -2.45. The van der Waals surface area contributed by atoms with Crippen molar-refractivity contribution in [2.24, 2.45) is 17.8 Å². The Morgan fingerprint density at radius 2 is 1.63 bits per heavy atom. The van der Waals surface area contributed by atoms with Crippen molar-refractivity contribution < 1.29 is 9.90 Å². The van der Waals surface area contributed by atoms with Crippen LogP contribution < -0.4 is 10.5 Å². The van der Waals surface area contributed by atoms with Crippen molar-refractivity contribution >= 4 is 22.8 Å². The van der Waals surface area contributed by atoms with Gasteiger partial charge in [0.05, 0.1) is 24.1 Å². The van der Waals surface area contributed by atoms with E-state index in [-0.39, 0.29) is 24.7 Å². The number of hydrogen-bond acceptors (Lipinski definition) is 6. The molecule has 8 heteroatoms. The van der Waals surface area contributed by atoms with E-state index in [1.807, 2.05) is 29.2 Å². The third kappa shape index (κ3) is 4.51. The molecule has 222 valence electrons. The molecule has 1 N–H and O–H groups in total. The number of aliphatic carboxylic acids is 1. The Balaban J connectivity index is 1.22. The number of piperidine rings is 2. The molecular formula is C33H47N5O3. The summed E-state index contributed by atoms with van der Waals surface area (Å²) in [4.78, 5) is 37.9. The van der Waals surface area contributed by atoms with Crippen LogP contribution in [0.3, 0.4) is 0 Å². The molecule has 5 fully saturated rings. The molecule has 2 saturated carbocycles. The number of nitrogens with zero attached hydrogens (tertiary/aromatic N) is 5. The lowest BCUT2D eigenvalue weighted by Crippen LogP contribution is -2.73. The summed E-state index contributed by atoms with van der Waals surface area (Å²) in [7, 11) is 3.60. The standard InChI is InChI=1S/C33H47N5O3/c1-21-12-13-24-17-26(18-29(21)37(24)25-15-22-8-4-5-9-23(14-22)16-25)38-28-11-7-6-10-27(28)34-30(31(38)39)36-19-33(20-36,32(40)41)35(2)3/h6-7,10-11,21-26,29H,4-5,8-9,12-20H2,1-3H3,(H,40,41)/t21?,22-,23+,24-,25?,26+,29?/m1/s1. The number of rotatable bonds is 5. The van der Waals surface area contributed by atoms with Gasteiger partial charge in [0.25, 0.3) is 5.56 Å². The number of likely N-dealkylation sites (N-methyl/N-ethyl adjacent to an activating group) is 1. The van der Waals surface area contributed by atoms with Gasteiger partial charge in [0.2, 0.25) is 0 Å². The van der Waals surface area contributed by atoms with Crippen LogP contribution in [0, 0.1) is 17.8 Å². The Kier molecular flexibility index (Phi) is 6.93. The van der Waals surface area contributed by atoms with Crippen LogP contribution in [0.5, 0.6) is 0 Å². The van der Waals surface area contributed by atoms with E-state index in [0.29, 0.717) is 29.9 Å². The van der Waals surface area contributed by atoms with Gasteiger partial charge in [-0.1, -0.05) is 44.7 Å². The predicted molar refractivity (Wildman–Crippen MR) is 161 cm³/mol. The molecule has 0 amide bonds. The fraction of sp³-hybridized carbons (Fsp3) is 0.727. The van der Waals surface area contributed by atoms with Crippen molar-refractivity contribution in [3.8, 4) is 0 Å². The minimum Gasteiger partial charge on any atom is -0.480 e. The summed E-state index contributed by atoms with van der Waals surface area (Å²) in [5.41, 5.74) is 0.678. The Morgan fingerprint density at radius 1 is 0.927 bits per heavy atom. The van der Waals surface area contributed by atoms with Gasteiger partial charge >= 0.3 is 5.97 Å². The first-order valence-electron chi connectivity index (χ1n) is 16.2. The van der Waals surface area contributed by atoms with E-state index >= 15 is 0 Å². The smallest absolute Gasteiger partial charge is 0.327 e. The largest absolute Gasteiger partial charge is 0.480 e. The molecule has 0 radical (unpaired) electrons. The van der Waals surface area contributed by atoms with Crippen LogP contribution in [0.15, 0.2) is 29.1 Å². The molecule has 5 aliphatic rings. The number of benzene rings is 1. The number of para-hydroxylation sites is 2. The monoisotopic (exact) mass is 561 g/mol. The predicted octanol–water partition coefficient (Wildman–Crippen LogP) is 4.76. The molecule has 7 rings (SSSR count). The minimum absolute atomic E-state index is 0.0608. The fourth-order valence-electron chi connectivity index (χ4n) is 9.59. The number of carboxylic acids is 1. The van der Waals surface area contributed by atoms with Crippen LogP contribution in [0.1, 0.15) is 83.6 Å². The third-order valence-corrected chi connectivity index (χ3v) is 11.8. The van der Waals surface area contributed by atoms with Crippen LogP contribution in [-0.4, -0.2) is 81.3 Å². The van der Waals surface area contributed by atoms with Crippen molar-refractivity contribution in [1.82, 2.24) is 19.4 Å². The van der Waals surface area contributed by atoms with Gasteiger partial charge in [0, 0.05) is 24.2 Å². The van der Waals surface area contributed by atoms with Crippen LogP contribution in [-0.2, 0) is 4.79 Å². The summed E-state index contributed by atoms with van der Waals surface area (Å²) in [5, 5.41) is 9.96. The average Bonchev–Trinajstić information content (AvgIpc) is 3.09. The van der Waals surface area contributed by atoms with Crippen molar-refractivity contribution in [1.29, 1.82) is 0 Å². The quantitative estimate of drug-likeness (QED) is 0.564. The van der Waals surface area contributed by atoms with Crippen molar-refractivity contribution in [2.75, 3.05) is 32.1 Å². The number of hydrogen-bond donors (Lipinski definition) is 1. The van der Waals surface area contributed by atoms with Gasteiger partial charge in [-0.25, -0.2) is 4.98 Å². The molecule has 3 saturated heterocycles. The van der Waals surface area contributed by atoms with E-state index < -0.39 is 11.5 Å². The van der Waals surface area contributed by atoms with E-state index in [2.05, 4.69) is 16.4 Å². The van der Waals surface area contributed by atoms with Crippen LogP contribution >= 0.6 is 0 Å². The van der Waals surface area contributed by atoms with Gasteiger partial charge in [-0.05, 0) is 88.9 Å². The number of anilines is 1. The van der Waals surface area contributed by atoms with Crippen molar-refractivity contribution in [3.63, 3.8) is 0 Å². The van der Waals surface area contributed by atoms with Gasteiger partial charge in [0.15, 0.2) is 11.4 Å². The zero-order chi connectivity index (χ0) is 28.5. The molecule has 0 spiro atoms. The summed E-state index contributed by atoms with van der Waals surface area (Å²) < 4.78 is 2.06. The summed E-state index contributed by atoms with van der Waals surface area (Å²) in [5.74, 6) is 1.99. The molecule has 4 heterocycles. The normalized spacial score (nSPS) is 35.2. The maximum atomic E-state index is 14.3. The molecule has 3 unspecified atom stereocenters. The molecule has 4 bridgehead atoms. The van der Waals surface area contributed by atoms with Crippen molar-refractivity contribution in [2.45, 2.75) is 107 Å². The van der Waals surface area contributed by atoms with Crippen LogP contribution in [0.4, 0.5) is 5.82 Å². The first-order chi connectivity index (χ1) is 19.7. The number of carbonyl (C=O) groups is 1. The van der Waals surface area contributed by atoms with E-state index in [0.717, 1.165) is 35.7 Å². The van der Waals surface area contributed by atoms with E-state index in [1.54, 1.807) is 19.0 Å². The second kappa shape index (κ2) is 10.4. The molecule has 2 aliphatic carbocycles. The lowest BCUT2D eigenvalue weighted by atomic mass is 9.71. The molecule has 8 nitrogen and oxygen atoms in total. The molecule has 41 heavy (non-hydrogen) atoms. The second-order valence-corrected chi connectivity index (χ2v) is 14.4. The van der Waals surface area contributed by atoms with Crippen LogP contribution in [0.25, 0.3) is 11.0 Å². The first kappa shape index (κ1) is 27.4. The number of carboxylic acid groups (broad SMARTS) is 1. The SMILES string of the molecule is CC1CC[C@@H]2C[C@H](n3c(=O)c(N4CC(C(=O)O)(N(C)C)C4)nc4ccccc43)CC1N2C1C[C@H]2CCCC[C@@H](C1)C2. The zero-order valence-corrected chi connectivity index (χ0v) is 25.0. The highest BCUT2D eigenvalue weighted by Gasteiger charge is 2.53. The maximum Gasteiger partial charge on any atom is 0.327 e. The fourth-order valence-corrected chi connectivity index (χ4v) is 9.59. The van der Waals surface area contributed by atoms with E-state index in [1.165, 1.54) is 57.8 Å². The third-order valence-electron chi connectivity index (χ3n) is 11.8. The highest BCUT2D eigenvalue weighted by Crippen LogP contribution is 2.48. The number of aromatic nitrogens is 2. The Labute approximate surface area is 243 Å². The van der Waals surface area contributed by atoms with Gasteiger partial charge in [-0.3, -0.25) is 19.4 Å². The maximum absolute atomic E-state index is 14.3. The Bertz CT molecular complexity index is 1350. The molecule has 1 aromatic heterocycles. The van der Waals surface area contributed by atoms with E-state index in [4.69, 9.17) is 4.98 Å². The summed E-state index contributed by atoms with van der Waals surface area (Å²) in [6.07, 6.45) is 14.4. The van der Waals surface area contributed by atoms with Gasteiger partial charge in [0.1, 0.15) is 0 Å². The molecule has 7 atom stereocenters. The lowest BCUT2D eigenvalue weighted by molar-refractivity contribution is -0.151. The molecule has 1 aromatic carbocycles. The average molecular weight is 562 g/mol. The van der Waals surface area contributed by atoms with Gasteiger partial charge in [-0.15, -0.1) is 0 Å². The molecule has 3 aliphatic heterocycles. The topological polar surface area (TPSA) is 81.9 Å². The number of fused-ring (bicyclic) bond motifs is 5. The Morgan fingerprint density at radius 3 is 2.32 bits per heavy atom. The summed E-state index contributed by atoms with van der Waals surface area (Å²) >= 11 is 0. The molecular weight excluding hydrogens is 514 g/mol. The molecule has 2 aromatic rings. The van der Waals surface area contributed by atoms with Gasteiger partial charge < -0.3 is 14.6 Å². The summed E-state index contributed by atoms with van der Waals surface area (Å²) in [6.45, 7) is 2.97. The lowest BCUT2D eigenvalue weighted by Gasteiger charge is -2.56. The van der Waals surface area contributed by atoms with Crippen LogP contribution in [0.2, 0.25) is 0 Å². The summed E-state index contributed by atoms with van der Waals surface area (Å²) in [6, 6.07) is 9.90. The zero-order valence-electron chi connectivity index (χ0n) is 25.0. The van der Waals surface area contributed by atoms with E-state index in [9.17, 15) is 14.7 Å². The first-order valence-corrected chi connectivity index (χ1v) is 16.2. The minimum atomic E-state index is -0.987. The van der Waals surface area contributed by atoms with Crippen molar-refractivity contribution in [3.05, 3.63) is 34.6 Å². The van der Waals surface area contributed by atoms with Gasteiger partial charge in [-0.2, -0.15) is 0 Å².